The van der Waals surface area contributed by atoms with Crippen molar-refractivity contribution >= 4 is 55.7 Å². The number of para-hydroxylation sites is 1. The van der Waals surface area contributed by atoms with Crippen LogP contribution in [0.3, 0.4) is 0 Å². The maximum atomic E-state index is 12.5. The van der Waals surface area contributed by atoms with E-state index in [1.807, 2.05) is 37.4 Å². The number of hydrogen-bond acceptors (Lipinski definition) is 2. The Bertz CT molecular complexity index is 1050. The molecule has 0 spiro atoms. The lowest BCUT2D eigenvalue weighted by Crippen LogP contribution is -2.09. The van der Waals surface area contributed by atoms with E-state index in [2.05, 4.69) is 22.0 Å². The molecule has 0 bridgehead atoms. The number of thiophene rings is 1. The maximum absolute atomic E-state index is 12.5. The number of carbonyl (C=O) groups excluding carboxylic acids is 1. The molecule has 5 heteroatoms. The van der Waals surface area contributed by atoms with Crippen LogP contribution in [0.1, 0.15) is 9.67 Å². The smallest absolute Gasteiger partial charge is 0.265 e. The number of anilines is 1. The van der Waals surface area contributed by atoms with Crippen molar-refractivity contribution < 1.29 is 4.79 Å². The minimum atomic E-state index is -0.113. The molecule has 0 radical (unpaired) electrons. The van der Waals surface area contributed by atoms with Gasteiger partial charge in [0, 0.05) is 34.0 Å². The monoisotopic (exact) mass is 340 g/mol. The number of nitrogens with zero attached hydrogens (tertiary/aromatic N) is 1. The summed E-state index contributed by atoms with van der Waals surface area (Å²) in [6.07, 6.45) is 0. The lowest BCUT2D eigenvalue weighted by Gasteiger charge is -2.03. The Kier molecular flexibility index (Phi) is 3.36. The Hall–Kier alpha value is -2.30. The van der Waals surface area contributed by atoms with Crippen molar-refractivity contribution in [2.24, 2.45) is 7.05 Å². The number of aryl methyl sites for hydroxylation is 1. The molecule has 0 aliphatic carbocycles. The Morgan fingerprint density at radius 3 is 2.74 bits per heavy atom. The highest BCUT2D eigenvalue weighted by Crippen LogP contribution is 2.34. The summed E-state index contributed by atoms with van der Waals surface area (Å²) in [6.45, 7) is 0. The zero-order valence-corrected chi connectivity index (χ0v) is 13.9. The topological polar surface area (TPSA) is 34.0 Å². The van der Waals surface area contributed by atoms with E-state index in [1.165, 1.54) is 22.2 Å². The van der Waals surface area contributed by atoms with Gasteiger partial charge < -0.3 is 9.88 Å². The fourth-order valence-corrected chi connectivity index (χ4v) is 4.03. The summed E-state index contributed by atoms with van der Waals surface area (Å²) in [5.41, 5.74) is 1.88. The third kappa shape index (κ3) is 2.40. The molecular formula is C18H13ClN2OS. The van der Waals surface area contributed by atoms with Gasteiger partial charge in [0.25, 0.3) is 5.91 Å². The molecule has 2 aromatic carbocycles. The van der Waals surface area contributed by atoms with Crippen LogP contribution in [0.15, 0.2) is 54.6 Å². The van der Waals surface area contributed by atoms with E-state index >= 15 is 0 Å². The number of aromatic nitrogens is 1. The lowest BCUT2D eigenvalue weighted by molar-refractivity contribution is 0.103. The van der Waals surface area contributed by atoms with Crippen molar-refractivity contribution in [3.8, 4) is 0 Å². The number of carbonyl (C=O) groups is 1. The van der Waals surface area contributed by atoms with Crippen molar-refractivity contribution in [3.05, 3.63) is 64.5 Å². The van der Waals surface area contributed by atoms with E-state index in [0.717, 1.165) is 10.2 Å². The third-order valence-electron chi connectivity index (χ3n) is 3.88. The second kappa shape index (κ2) is 5.41. The normalized spacial score (nSPS) is 11.2. The highest BCUT2D eigenvalue weighted by molar-refractivity contribution is 7.20. The second-order valence-electron chi connectivity index (χ2n) is 5.37. The SMILES string of the molecule is Cn1c2ccccc2c2cc(C(=O)Nc3cccc(Cl)c3)sc21. The molecule has 3 nitrogen and oxygen atoms in total. The average Bonchev–Trinajstić information content (AvgIpc) is 3.08. The number of rotatable bonds is 2. The molecule has 0 unspecified atom stereocenters. The van der Waals surface area contributed by atoms with Gasteiger partial charge in [0.15, 0.2) is 0 Å². The number of halogens is 1. The molecule has 0 fully saturated rings. The van der Waals surface area contributed by atoms with E-state index in [0.29, 0.717) is 15.6 Å². The van der Waals surface area contributed by atoms with Crippen molar-refractivity contribution in [2.75, 3.05) is 5.32 Å². The maximum Gasteiger partial charge on any atom is 0.265 e. The molecule has 1 amide bonds. The molecule has 4 aromatic rings. The van der Waals surface area contributed by atoms with Crippen LogP contribution < -0.4 is 5.32 Å². The number of amides is 1. The molecule has 23 heavy (non-hydrogen) atoms. The Morgan fingerprint density at radius 1 is 1.09 bits per heavy atom. The fourth-order valence-electron chi connectivity index (χ4n) is 2.80. The zero-order chi connectivity index (χ0) is 16.0. The van der Waals surface area contributed by atoms with Crippen LogP contribution in [0.5, 0.6) is 0 Å². The van der Waals surface area contributed by atoms with Gasteiger partial charge in [0.2, 0.25) is 0 Å². The number of nitrogens with one attached hydrogen (secondary N) is 1. The summed E-state index contributed by atoms with van der Waals surface area (Å²) >= 11 is 7.45. The summed E-state index contributed by atoms with van der Waals surface area (Å²) in [7, 11) is 2.03. The third-order valence-corrected chi connectivity index (χ3v) is 5.32. The van der Waals surface area contributed by atoms with Crippen molar-refractivity contribution in [1.82, 2.24) is 4.57 Å². The van der Waals surface area contributed by atoms with Gasteiger partial charge in [-0.1, -0.05) is 35.9 Å². The fraction of sp³-hybridized carbons (Fsp3) is 0.0556. The largest absolute Gasteiger partial charge is 0.335 e. The van der Waals surface area contributed by atoms with Crippen molar-refractivity contribution in [2.45, 2.75) is 0 Å². The van der Waals surface area contributed by atoms with Gasteiger partial charge in [-0.25, -0.2) is 0 Å². The second-order valence-corrected chi connectivity index (χ2v) is 6.84. The highest BCUT2D eigenvalue weighted by Gasteiger charge is 2.16. The Balaban J connectivity index is 1.74. The summed E-state index contributed by atoms with van der Waals surface area (Å²) in [5.74, 6) is -0.113. The molecular weight excluding hydrogens is 328 g/mol. The minimum absolute atomic E-state index is 0.113. The number of hydrogen-bond donors (Lipinski definition) is 1. The van der Waals surface area contributed by atoms with E-state index in [4.69, 9.17) is 11.6 Å². The first kappa shape index (κ1) is 14.3. The summed E-state index contributed by atoms with van der Waals surface area (Å²) in [6, 6.07) is 17.3. The van der Waals surface area contributed by atoms with Crippen LogP contribution in [0.25, 0.3) is 21.1 Å². The van der Waals surface area contributed by atoms with Crippen LogP contribution >= 0.6 is 22.9 Å². The van der Waals surface area contributed by atoms with Crippen molar-refractivity contribution in [3.63, 3.8) is 0 Å². The minimum Gasteiger partial charge on any atom is -0.335 e. The van der Waals surface area contributed by atoms with Gasteiger partial charge in [0.05, 0.1) is 4.88 Å². The number of benzene rings is 2. The van der Waals surface area contributed by atoms with E-state index in [-0.39, 0.29) is 5.91 Å². The van der Waals surface area contributed by atoms with E-state index in [9.17, 15) is 4.79 Å². The van der Waals surface area contributed by atoms with Crippen LogP contribution in [0.2, 0.25) is 5.02 Å². The van der Waals surface area contributed by atoms with Crippen LogP contribution in [-0.2, 0) is 7.05 Å². The first-order valence-electron chi connectivity index (χ1n) is 7.17. The van der Waals surface area contributed by atoms with Gasteiger partial charge in [-0.15, -0.1) is 11.3 Å². The molecule has 0 saturated carbocycles. The summed E-state index contributed by atoms with van der Waals surface area (Å²) in [5, 5.41) is 5.78. The predicted octanol–water partition coefficient (Wildman–Crippen LogP) is 5.30. The Morgan fingerprint density at radius 2 is 1.91 bits per heavy atom. The quantitative estimate of drug-likeness (QED) is 0.528. The molecule has 0 atom stereocenters. The molecule has 0 saturated heterocycles. The summed E-state index contributed by atoms with van der Waals surface area (Å²) in [4.78, 5) is 14.3. The van der Waals surface area contributed by atoms with Crippen LogP contribution in [-0.4, -0.2) is 10.5 Å². The van der Waals surface area contributed by atoms with Gasteiger partial charge in [-0.05, 0) is 30.3 Å². The summed E-state index contributed by atoms with van der Waals surface area (Å²) < 4.78 is 2.13. The van der Waals surface area contributed by atoms with E-state index in [1.54, 1.807) is 12.1 Å². The number of fused-ring (bicyclic) bond motifs is 3. The molecule has 1 N–H and O–H groups in total. The van der Waals surface area contributed by atoms with E-state index < -0.39 is 0 Å². The first-order chi connectivity index (χ1) is 11.1. The first-order valence-corrected chi connectivity index (χ1v) is 8.37. The van der Waals surface area contributed by atoms with Gasteiger partial charge in [-0.2, -0.15) is 0 Å². The molecule has 2 aromatic heterocycles. The molecule has 2 heterocycles. The molecule has 4 rings (SSSR count). The standard InChI is InChI=1S/C18H13ClN2OS/c1-21-15-8-3-2-7-13(15)14-10-16(23-18(14)21)17(22)20-12-6-4-5-11(19)9-12/h2-10H,1H3,(H,20,22). The average molecular weight is 341 g/mol. The lowest BCUT2D eigenvalue weighted by atomic mass is 10.2. The van der Waals surface area contributed by atoms with Gasteiger partial charge in [0.1, 0.15) is 4.83 Å². The molecule has 0 aliphatic rings. The highest BCUT2D eigenvalue weighted by atomic mass is 35.5. The Labute approximate surface area is 142 Å². The van der Waals surface area contributed by atoms with Crippen molar-refractivity contribution in [1.29, 1.82) is 0 Å². The molecule has 0 aliphatic heterocycles. The van der Waals surface area contributed by atoms with Crippen LogP contribution in [0.4, 0.5) is 5.69 Å². The van der Waals surface area contributed by atoms with Gasteiger partial charge >= 0.3 is 0 Å². The van der Waals surface area contributed by atoms with Crippen LogP contribution in [0, 0.1) is 0 Å². The van der Waals surface area contributed by atoms with Gasteiger partial charge in [-0.3, -0.25) is 4.79 Å². The molecule has 114 valence electrons. The zero-order valence-electron chi connectivity index (χ0n) is 12.3. The predicted molar refractivity (Wildman–Crippen MR) is 97.7 cm³/mol.